The number of alkyl halides is 6. The standard InChI is InChI=1S/C19H19F6NO5S2/c1-33(29,30)26(6-2-3-15-4-5-16(32-15)17(27)28)7-8-31-14-10-12(18(20,21)22)9-13(11-14)19(23,24)25/h4-5,9-11H,2-3,6-8H2,1H3,(H,27,28). The number of aromatic carboxylic acids is 1. The summed E-state index contributed by atoms with van der Waals surface area (Å²) in [6, 6.07) is 3.83. The largest absolute Gasteiger partial charge is 0.492 e. The van der Waals surface area contributed by atoms with Gasteiger partial charge in [-0.05, 0) is 43.2 Å². The zero-order valence-electron chi connectivity index (χ0n) is 17.0. The van der Waals surface area contributed by atoms with Crippen LogP contribution in [0, 0.1) is 0 Å². The van der Waals surface area contributed by atoms with Crippen LogP contribution in [0.2, 0.25) is 0 Å². The number of carboxylic acids is 1. The lowest BCUT2D eigenvalue weighted by Gasteiger charge is -2.20. The Hall–Kier alpha value is -2.32. The van der Waals surface area contributed by atoms with E-state index in [1.807, 2.05) is 0 Å². The van der Waals surface area contributed by atoms with Crippen LogP contribution in [-0.2, 0) is 28.8 Å². The maximum Gasteiger partial charge on any atom is 0.416 e. The van der Waals surface area contributed by atoms with Crippen molar-refractivity contribution in [2.24, 2.45) is 0 Å². The second-order valence-electron chi connectivity index (χ2n) is 6.93. The van der Waals surface area contributed by atoms with Gasteiger partial charge >= 0.3 is 18.3 Å². The fourth-order valence-corrected chi connectivity index (χ4v) is 4.53. The van der Waals surface area contributed by atoms with Gasteiger partial charge < -0.3 is 9.84 Å². The number of thiophene rings is 1. The summed E-state index contributed by atoms with van der Waals surface area (Å²) in [6.45, 7) is -0.784. The molecule has 0 aliphatic rings. The molecule has 0 saturated carbocycles. The fraction of sp³-hybridized carbons (Fsp3) is 0.421. The predicted octanol–water partition coefficient (Wildman–Crippen LogP) is 4.76. The summed E-state index contributed by atoms with van der Waals surface area (Å²) in [5.74, 6) is -1.77. The van der Waals surface area contributed by atoms with Crippen molar-refractivity contribution in [2.45, 2.75) is 25.2 Å². The molecule has 184 valence electrons. The van der Waals surface area contributed by atoms with Gasteiger partial charge in [0.1, 0.15) is 17.2 Å². The van der Waals surface area contributed by atoms with Crippen LogP contribution in [0.4, 0.5) is 26.3 Å². The van der Waals surface area contributed by atoms with Gasteiger partial charge in [0, 0.05) is 18.0 Å². The Morgan fingerprint density at radius 1 is 1.03 bits per heavy atom. The van der Waals surface area contributed by atoms with Crippen molar-refractivity contribution in [3.8, 4) is 5.75 Å². The maximum absolute atomic E-state index is 12.9. The Morgan fingerprint density at radius 2 is 1.61 bits per heavy atom. The van der Waals surface area contributed by atoms with E-state index in [-0.39, 0.29) is 24.0 Å². The van der Waals surface area contributed by atoms with Crippen LogP contribution in [0.3, 0.4) is 0 Å². The molecule has 2 rings (SSSR count). The molecule has 0 bridgehead atoms. The first-order chi connectivity index (χ1) is 15.1. The average Bonchev–Trinajstić information content (AvgIpc) is 3.13. The van der Waals surface area contributed by atoms with Crippen molar-refractivity contribution >= 4 is 27.3 Å². The van der Waals surface area contributed by atoms with E-state index >= 15 is 0 Å². The number of sulfonamides is 1. The molecule has 6 nitrogen and oxygen atoms in total. The van der Waals surface area contributed by atoms with Crippen LogP contribution in [-0.4, -0.2) is 49.8 Å². The highest BCUT2D eigenvalue weighted by Crippen LogP contribution is 2.38. The van der Waals surface area contributed by atoms with E-state index < -0.39 is 51.8 Å². The van der Waals surface area contributed by atoms with Gasteiger partial charge in [0.15, 0.2) is 0 Å². The molecule has 2 aromatic rings. The topological polar surface area (TPSA) is 83.9 Å². The zero-order chi connectivity index (χ0) is 25.0. The Balaban J connectivity index is 2.03. The molecule has 0 unspecified atom stereocenters. The van der Waals surface area contributed by atoms with Crippen molar-refractivity contribution in [1.29, 1.82) is 0 Å². The first-order valence-electron chi connectivity index (χ1n) is 9.27. The molecule has 1 aromatic carbocycles. The average molecular weight is 519 g/mol. The highest BCUT2D eigenvalue weighted by molar-refractivity contribution is 7.88. The maximum atomic E-state index is 12.9. The van der Waals surface area contributed by atoms with Crippen LogP contribution in [0.5, 0.6) is 5.75 Å². The Morgan fingerprint density at radius 3 is 2.06 bits per heavy atom. The lowest BCUT2D eigenvalue weighted by atomic mass is 10.1. The van der Waals surface area contributed by atoms with E-state index in [0.29, 0.717) is 25.0 Å². The van der Waals surface area contributed by atoms with Gasteiger partial charge in [-0.1, -0.05) is 0 Å². The minimum absolute atomic E-state index is 0.00110. The SMILES string of the molecule is CS(=O)(=O)N(CCCc1ccc(C(=O)O)s1)CCOc1cc(C(F)(F)F)cc(C(F)(F)F)c1. The fourth-order valence-electron chi connectivity index (χ4n) is 2.78. The van der Waals surface area contributed by atoms with E-state index in [0.717, 1.165) is 26.8 Å². The summed E-state index contributed by atoms with van der Waals surface area (Å²) in [5.41, 5.74) is -3.08. The number of benzene rings is 1. The number of carbonyl (C=O) groups is 1. The van der Waals surface area contributed by atoms with Crippen LogP contribution in [0.25, 0.3) is 0 Å². The Bertz CT molecular complexity index is 1050. The number of halogens is 6. The Labute approximate surface area is 189 Å². The summed E-state index contributed by atoms with van der Waals surface area (Å²) in [5, 5.41) is 8.92. The lowest BCUT2D eigenvalue weighted by molar-refractivity contribution is -0.143. The highest BCUT2D eigenvalue weighted by atomic mass is 32.2. The van der Waals surface area contributed by atoms with Crippen LogP contribution in [0.1, 0.15) is 32.1 Å². The molecule has 1 aromatic heterocycles. The third kappa shape index (κ3) is 8.19. The molecule has 33 heavy (non-hydrogen) atoms. The summed E-state index contributed by atoms with van der Waals surface area (Å²) < 4.78 is 108. The summed E-state index contributed by atoms with van der Waals surface area (Å²) in [4.78, 5) is 11.8. The summed E-state index contributed by atoms with van der Waals surface area (Å²) in [7, 11) is -3.74. The van der Waals surface area contributed by atoms with Crippen LogP contribution < -0.4 is 4.74 Å². The number of aryl methyl sites for hydroxylation is 1. The molecular weight excluding hydrogens is 500 g/mol. The number of ether oxygens (including phenoxy) is 1. The van der Waals surface area contributed by atoms with E-state index in [4.69, 9.17) is 9.84 Å². The molecule has 0 aliphatic heterocycles. The third-order valence-corrected chi connectivity index (χ3v) is 6.78. The quantitative estimate of drug-likeness (QED) is 0.458. The van der Waals surface area contributed by atoms with Crippen molar-refractivity contribution in [3.63, 3.8) is 0 Å². The van der Waals surface area contributed by atoms with Gasteiger partial charge in [0.05, 0.1) is 17.4 Å². The van der Waals surface area contributed by atoms with Gasteiger partial charge in [-0.3, -0.25) is 0 Å². The molecule has 1 heterocycles. The number of carboxylic acid groups (broad SMARTS) is 1. The minimum Gasteiger partial charge on any atom is -0.492 e. The van der Waals surface area contributed by atoms with Gasteiger partial charge in [0.25, 0.3) is 0 Å². The molecule has 0 radical (unpaired) electrons. The molecule has 0 saturated heterocycles. The third-order valence-electron chi connectivity index (χ3n) is 4.34. The molecule has 1 N–H and O–H groups in total. The molecule has 0 amide bonds. The van der Waals surface area contributed by atoms with Gasteiger partial charge in [-0.15, -0.1) is 11.3 Å². The molecule has 0 spiro atoms. The second kappa shape index (κ2) is 10.3. The van der Waals surface area contributed by atoms with Crippen LogP contribution in [0.15, 0.2) is 30.3 Å². The molecule has 0 fully saturated rings. The predicted molar refractivity (Wildman–Crippen MR) is 108 cm³/mol. The van der Waals surface area contributed by atoms with Gasteiger partial charge in [-0.25, -0.2) is 13.2 Å². The van der Waals surface area contributed by atoms with E-state index in [1.165, 1.54) is 6.07 Å². The molecular formula is C19H19F6NO5S2. The van der Waals surface area contributed by atoms with Crippen molar-refractivity contribution < 1.29 is 49.4 Å². The monoisotopic (exact) mass is 519 g/mol. The lowest BCUT2D eigenvalue weighted by Crippen LogP contribution is -2.34. The van der Waals surface area contributed by atoms with Crippen molar-refractivity contribution in [2.75, 3.05) is 26.0 Å². The first-order valence-corrected chi connectivity index (χ1v) is 11.9. The van der Waals surface area contributed by atoms with Crippen molar-refractivity contribution in [3.05, 3.63) is 51.2 Å². The zero-order valence-corrected chi connectivity index (χ0v) is 18.7. The summed E-state index contributed by atoms with van der Waals surface area (Å²) >= 11 is 1.05. The smallest absolute Gasteiger partial charge is 0.416 e. The number of rotatable bonds is 10. The summed E-state index contributed by atoms with van der Waals surface area (Å²) in [6.07, 6.45) is -8.45. The molecule has 0 aliphatic carbocycles. The van der Waals surface area contributed by atoms with E-state index in [1.54, 1.807) is 6.07 Å². The molecule has 0 atom stereocenters. The minimum atomic E-state index is -5.03. The number of nitrogens with zero attached hydrogens (tertiary/aromatic N) is 1. The van der Waals surface area contributed by atoms with Gasteiger partial charge in [0.2, 0.25) is 10.0 Å². The number of hydrogen-bond acceptors (Lipinski definition) is 5. The molecule has 14 heteroatoms. The van der Waals surface area contributed by atoms with Crippen LogP contribution >= 0.6 is 11.3 Å². The van der Waals surface area contributed by atoms with E-state index in [2.05, 4.69) is 0 Å². The number of hydrogen-bond donors (Lipinski definition) is 1. The second-order valence-corrected chi connectivity index (χ2v) is 10.1. The highest BCUT2D eigenvalue weighted by Gasteiger charge is 2.37. The Kier molecular flexibility index (Phi) is 8.41. The first kappa shape index (κ1) is 26.9. The normalized spacial score (nSPS) is 12.8. The van der Waals surface area contributed by atoms with Gasteiger partial charge in [-0.2, -0.15) is 30.6 Å². The van der Waals surface area contributed by atoms with E-state index in [9.17, 15) is 39.6 Å². The van der Waals surface area contributed by atoms with Crippen molar-refractivity contribution in [1.82, 2.24) is 4.31 Å².